The normalized spacial score (nSPS) is 23.8. The quantitative estimate of drug-likeness (QED) is 0.832. The van der Waals surface area contributed by atoms with E-state index in [-0.39, 0.29) is 12.6 Å². The predicted octanol–water partition coefficient (Wildman–Crippen LogP) is 4.03. The van der Waals surface area contributed by atoms with Gasteiger partial charge >= 0.3 is 6.18 Å². The van der Waals surface area contributed by atoms with E-state index in [1.165, 1.54) is 0 Å². The predicted molar refractivity (Wildman–Crippen MR) is 66.0 cm³/mol. The van der Waals surface area contributed by atoms with Gasteiger partial charge < -0.3 is 5.32 Å². The summed E-state index contributed by atoms with van der Waals surface area (Å²) in [6, 6.07) is 2.35. The molecule has 1 rings (SSSR count). The summed E-state index contributed by atoms with van der Waals surface area (Å²) in [5.41, 5.74) is 0. The lowest BCUT2D eigenvalue weighted by Crippen LogP contribution is -2.35. The lowest BCUT2D eigenvalue weighted by atomic mass is 9.84. The molecule has 1 aliphatic rings. The number of hydrogen-bond donors (Lipinski definition) is 1. The minimum atomic E-state index is -4.06. The fourth-order valence-electron chi connectivity index (χ4n) is 2.12. The van der Waals surface area contributed by atoms with Crippen LogP contribution in [-0.4, -0.2) is 18.8 Å². The van der Waals surface area contributed by atoms with Gasteiger partial charge in [-0.3, -0.25) is 0 Å². The van der Waals surface area contributed by atoms with Gasteiger partial charge in [-0.15, -0.1) is 0 Å². The molecule has 0 heterocycles. The number of hydrogen-bond acceptors (Lipinski definition) is 2. The average Bonchev–Trinajstić information content (AvgIpc) is 2.33. The van der Waals surface area contributed by atoms with Gasteiger partial charge in [-0.05, 0) is 31.6 Å². The average molecular weight is 264 g/mol. The molecule has 0 aromatic carbocycles. The fourth-order valence-corrected chi connectivity index (χ4v) is 2.12. The molecular formula is C13H23F3N2. The van der Waals surface area contributed by atoms with E-state index >= 15 is 0 Å². The molecule has 1 fully saturated rings. The molecule has 0 amide bonds. The second-order valence-electron chi connectivity index (χ2n) is 4.40. The maximum atomic E-state index is 11.9. The zero-order valence-electron chi connectivity index (χ0n) is 11.2. The van der Waals surface area contributed by atoms with E-state index in [1.807, 2.05) is 13.8 Å². The smallest absolute Gasteiger partial charge is 0.314 e. The van der Waals surface area contributed by atoms with E-state index in [0.29, 0.717) is 12.3 Å². The van der Waals surface area contributed by atoms with Crippen LogP contribution in [-0.2, 0) is 0 Å². The number of alkyl halides is 3. The van der Waals surface area contributed by atoms with Crippen molar-refractivity contribution in [2.24, 2.45) is 5.92 Å². The van der Waals surface area contributed by atoms with Crippen molar-refractivity contribution >= 4 is 0 Å². The van der Waals surface area contributed by atoms with Crippen LogP contribution in [0, 0.1) is 17.2 Å². The van der Waals surface area contributed by atoms with E-state index in [9.17, 15) is 13.2 Å². The highest BCUT2D eigenvalue weighted by atomic mass is 19.4. The largest absolute Gasteiger partial charge is 0.390 e. The van der Waals surface area contributed by atoms with E-state index < -0.39 is 12.6 Å². The van der Waals surface area contributed by atoms with Crippen LogP contribution in [0.2, 0.25) is 0 Å². The molecule has 0 unspecified atom stereocenters. The molecule has 1 saturated carbocycles. The van der Waals surface area contributed by atoms with Crippen molar-refractivity contribution in [2.75, 3.05) is 6.54 Å². The van der Waals surface area contributed by atoms with Gasteiger partial charge in [0.05, 0.1) is 12.5 Å². The van der Waals surface area contributed by atoms with Crippen molar-refractivity contribution in [2.45, 2.75) is 64.6 Å². The van der Waals surface area contributed by atoms with Crippen LogP contribution < -0.4 is 5.32 Å². The van der Waals surface area contributed by atoms with Gasteiger partial charge in [0, 0.05) is 19.0 Å². The molecule has 0 spiro atoms. The van der Waals surface area contributed by atoms with E-state index in [4.69, 9.17) is 5.26 Å². The van der Waals surface area contributed by atoms with Crippen molar-refractivity contribution in [3.05, 3.63) is 0 Å². The minimum Gasteiger partial charge on any atom is -0.314 e. The standard InChI is InChI=1S/C11H17F3N2.C2H6/c12-11(13,14)6-8-16-10-3-1-9(2-4-10)5-7-15;1-2/h9-10,16H,1-6,8H2;1-2H3. The fraction of sp³-hybridized carbons (Fsp3) is 0.923. The first kappa shape index (κ1) is 17.2. The molecule has 0 aliphatic heterocycles. The topological polar surface area (TPSA) is 35.8 Å². The minimum absolute atomic E-state index is 0.0110. The molecule has 0 radical (unpaired) electrons. The Labute approximate surface area is 108 Å². The zero-order chi connectivity index (χ0) is 14.0. The van der Waals surface area contributed by atoms with Crippen molar-refractivity contribution < 1.29 is 13.2 Å². The molecule has 1 aliphatic carbocycles. The molecule has 5 heteroatoms. The van der Waals surface area contributed by atoms with Crippen LogP contribution in [0.4, 0.5) is 13.2 Å². The van der Waals surface area contributed by atoms with Crippen LogP contribution in [0.5, 0.6) is 0 Å². The first-order valence-electron chi connectivity index (χ1n) is 6.68. The third-order valence-corrected chi connectivity index (χ3v) is 3.07. The highest BCUT2D eigenvalue weighted by molar-refractivity contribution is 4.83. The Morgan fingerprint density at radius 2 is 1.72 bits per heavy atom. The molecule has 0 atom stereocenters. The molecule has 1 N–H and O–H groups in total. The Hall–Kier alpha value is -0.760. The summed E-state index contributed by atoms with van der Waals surface area (Å²) in [7, 11) is 0. The van der Waals surface area contributed by atoms with Crippen LogP contribution >= 0.6 is 0 Å². The van der Waals surface area contributed by atoms with E-state index in [2.05, 4.69) is 11.4 Å². The summed E-state index contributed by atoms with van der Waals surface area (Å²) < 4.78 is 35.7. The lowest BCUT2D eigenvalue weighted by Gasteiger charge is -2.28. The van der Waals surface area contributed by atoms with Gasteiger partial charge in [0.15, 0.2) is 0 Å². The van der Waals surface area contributed by atoms with Crippen LogP contribution in [0.25, 0.3) is 0 Å². The summed E-state index contributed by atoms with van der Waals surface area (Å²) in [6.07, 6.45) is -0.547. The Morgan fingerprint density at radius 1 is 1.17 bits per heavy atom. The monoisotopic (exact) mass is 264 g/mol. The number of rotatable bonds is 4. The van der Waals surface area contributed by atoms with Gasteiger partial charge in [0.25, 0.3) is 0 Å². The first-order valence-corrected chi connectivity index (χ1v) is 6.68. The van der Waals surface area contributed by atoms with Crippen LogP contribution in [0.3, 0.4) is 0 Å². The second-order valence-corrected chi connectivity index (χ2v) is 4.40. The first-order chi connectivity index (χ1) is 8.51. The third-order valence-electron chi connectivity index (χ3n) is 3.07. The summed E-state index contributed by atoms with van der Waals surface area (Å²) >= 11 is 0. The van der Waals surface area contributed by atoms with Crippen LogP contribution in [0.1, 0.15) is 52.4 Å². The number of nitriles is 1. The van der Waals surface area contributed by atoms with Crippen molar-refractivity contribution in [3.8, 4) is 6.07 Å². The van der Waals surface area contributed by atoms with Gasteiger partial charge in [-0.2, -0.15) is 18.4 Å². The second kappa shape index (κ2) is 9.21. The van der Waals surface area contributed by atoms with Crippen molar-refractivity contribution in [3.63, 3.8) is 0 Å². The molecule has 2 nitrogen and oxygen atoms in total. The summed E-state index contributed by atoms with van der Waals surface area (Å²) in [5.74, 6) is 0.450. The van der Waals surface area contributed by atoms with Gasteiger partial charge in [0.2, 0.25) is 0 Å². The molecule has 0 saturated heterocycles. The summed E-state index contributed by atoms with van der Waals surface area (Å²) in [4.78, 5) is 0. The highest BCUT2D eigenvalue weighted by Gasteiger charge is 2.27. The molecule has 0 aromatic heterocycles. The molecule has 0 aromatic rings. The Balaban J connectivity index is 0.00000137. The maximum Gasteiger partial charge on any atom is 0.390 e. The highest BCUT2D eigenvalue weighted by Crippen LogP contribution is 2.26. The van der Waals surface area contributed by atoms with E-state index in [1.54, 1.807) is 0 Å². The molecular weight excluding hydrogens is 241 g/mol. The van der Waals surface area contributed by atoms with E-state index in [0.717, 1.165) is 25.7 Å². The lowest BCUT2D eigenvalue weighted by molar-refractivity contribution is -0.133. The molecule has 0 bridgehead atoms. The molecule has 18 heavy (non-hydrogen) atoms. The van der Waals surface area contributed by atoms with Crippen molar-refractivity contribution in [1.82, 2.24) is 5.32 Å². The van der Waals surface area contributed by atoms with Gasteiger partial charge in [-0.25, -0.2) is 0 Å². The zero-order valence-corrected chi connectivity index (χ0v) is 11.2. The number of nitrogens with one attached hydrogen (secondary N) is 1. The maximum absolute atomic E-state index is 11.9. The van der Waals surface area contributed by atoms with Crippen molar-refractivity contribution in [1.29, 1.82) is 5.26 Å². The Kier molecular flexibility index (Phi) is 8.82. The summed E-state index contributed by atoms with van der Waals surface area (Å²) in [6.45, 7) is 4.01. The van der Waals surface area contributed by atoms with Crippen LogP contribution in [0.15, 0.2) is 0 Å². The Morgan fingerprint density at radius 3 is 2.17 bits per heavy atom. The Bertz CT molecular complexity index is 238. The summed E-state index contributed by atoms with van der Waals surface area (Å²) in [5, 5.41) is 11.5. The number of halogens is 3. The third kappa shape index (κ3) is 8.35. The SMILES string of the molecule is CC.N#CCC1CCC(NCCC(F)(F)F)CC1. The van der Waals surface area contributed by atoms with Gasteiger partial charge in [0.1, 0.15) is 0 Å². The number of nitrogens with zero attached hydrogens (tertiary/aromatic N) is 1. The molecule has 106 valence electrons. The van der Waals surface area contributed by atoms with Gasteiger partial charge in [-0.1, -0.05) is 13.8 Å².